The van der Waals surface area contributed by atoms with Crippen LogP contribution in [0.4, 0.5) is 13.2 Å². The maximum Gasteiger partial charge on any atom is 0.446 e. The maximum absolute atomic E-state index is 12.2. The molecule has 1 atom stereocenters. The van der Waals surface area contributed by atoms with E-state index in [4.69, 9.17) is 0 Å². The Balaban J connectivity index is 1.87. The van der Waals surface area contributed by atoms with Gasteiger partial charge in [0.25, 0.3) is 5.91 Å². The molecule has 0 unspecified atom stereocenters. The van der Waals surface area contributed by atoms with Crippen LogP contribution in [0.25, 0.3) is 0 Å². The van der Waals surface area contributed by atoms with Crippen molar-refractivity contribution in [1.29, 1.82) is 0 Å². The molecule has 0 aliphatic carbocycles. The summed E-state index contributed by atoms with van der Waals surface area (Å²) >= 11 is -0.302. The van der Waals surface area contributed by atoms with E-state index in [0.29, 0.717) is 0 Å². The highest BCUT2D eigenvalue weighted by atomic mass is 32.2. The number of hydrogen-bond donors (Lipinski definition) is 2. The van der Waals surface area contributed by atoms with Crippen molar-refractivity contribution in [3.63, 3.8) is 0 Å². The van der Waals surface area contributed by atoms with Gasteiger partial charge in [-0.1, -0.05) is 0 Å². The number of thioether (sulfide) groups is 1. The minimum Gasteiger partial charge on any atom is -0.273 e. The zero-order valence-electron chi connectivity index (χ0n) is 12.1. The zero-order chi connectivity index (χ0) is 18.0. The van der Waals surface area contributed by atoms with Crippen LogP contribution < -0.4 is 10.9 Å². The summed E-state index contributed by atoms with van der Waals surface area (Å²) in [5, 5.41) is 0. The molecule has 6 nitrogen and oxygen atoms in total. The zero-order valence-corrected chi connectivity index (χ0v) is 13.7. The van der Waals surface area contributed by atoms with Gasteiger partial charge in [0.15, 0.2) is 9.84 Å². The molecule has 0 bridgehead atoms. The van der Waals surface area contributed by atoms with Crippen molar-refractivity contribution in [2.24, 2.45) is 5.92 Å². The van der Waals surface area contributed by atoms with E-state index < -0.39 is 33.1 Å². The van der Waals surface area contributed by atoms with Crippen molar-refractivity contribution < 1.29 is 31.2 Å². The number of carbonyl (C=O) groups is 2. The number of nitrogens with one attached hydrogen (secondary N) is 2. The van der Waals surface area contributed by atoms with Crippen LogP contribution in [-0.2, 0) is 14.6 Å². The normalized spacial score (nSPS) is 19.7. The highest BCUT2D eigenvalue weighted by Gasteiger charge is 2.33. The lowest BCUT2D eigenvalue weighted by atomic mass is 10.1. The first-order valence-corrected chi connectivity index (χ1v) is 9.36. The van der Waals surface area contributed by atoms with Crippen molar-refractivity contribution in [2.45, 2.75) is 16.8 Å². The van der Waals surface area contributed by atoms with Gasteiger partial charge >= 0.3 is 5.51 Å². The van der Waals surface area contributed by atoms with Gasteiger partial charge in [-0.15, -0.1) is 0 Å². The van der Waals surface area contributed by atoms with Gasteiger partial charge < -0.3 is 0 Å². The monoisotopic (exact) mass is 382 g/mol. The van der Waals surface area contributed by atoms with Crippen LogP contribution in [0, 0.1) is 5.92 Å². The molecule has 132 valence electrons. The summed E-state index contributed by atoms with van der Waals surface area (Å²) in [5.41, 5.74) is -0.127. The van der Waals surface area contributed by atoms with Gasteiger partial charge in [0.05, 0.1) is 17.4 Å². The fourth-order valence-corrected chi connectivity index (χ4v) is 4.38. The van der Waals surface area contributed by atoms with Crippen LogP contribution in [0.5, 0.6) is 0 Å². The molecule has 1 aromatic carbocycles. The van der Waals surface area contributed by atoms with Crippen molar-refractivity contribution >= 4 is 33.4 Å². The molecular weight excluding hydrogens is 369 g/mol. The van der Waals surface area contributed by atoms with Crippen LogP contribution in [-0.4, -0.2) is 37.2 Å². The van der Waals surface area contributed by atoms with Crippen LogP contribution in [0.3, 0.4) is 0 Å². The highest BCUT2D eigenvalue weighted by molar-refractivity contribution is 8.00. The van der Waals surface area contributed by atoms with Crippen molar-refractivity contribution in [3.8, 4) is 0 Å². The fourth-order valence-electron chi connectivity index (χ4n) is 2.10. The number of sulfone groups is 1. The second-order valence-corrected chi connectivity index (χ2v) is 8.48. The summed E-state index contributed by atoms with van der Waals surface area (Å²) in [4.78, 5) is 23.5. The first kappa shape index (κ1) is 18.6. The van der Waals surface area contributed by atoms with E-state index in [9.17, 15) is 31.2 Å². The molecule has 0 aromatic heterocycles. The van der Waals surface area contributed by atoms with Gasteiger partial charge in [-0.3, -0.25) is 20.4 Å². The summed E-state index contributed by atoms with van der Waals surface area (Å²) in [6, 6.07) is 4.65. The number of amides is 2. The first-order chi connectivity index (χ1) is 11.1. The van der Waals surface area contributed by atoms with E-state index in [1.807, 2.05) is 0 Å². The van der Waals surface area contributed by atoms with E-state index in [1.165, 1.54) is 12.1 Å². The molecule has 0 spiro atoms. The second kappa shape index (κ2) is 7.01. The lowest BCUT2D eigenvalue weighted by molar-refractivity contribution is -0.125. The molecule has 2 rings (SSSR count). The Morgan fingerprint density at radius 3 is 2.25 bits per heavy atom. The third-order valence-electron chi connectivity index (χ3n) is 3.25. The third kappa shape index (κ3) is 5.41. The van der Waals surface area contributed by atoms with Crippen LogP contribution >= 0.6 is 11.8 Å². The number of benzene rings is 1. The average Bonchev–Trinajstić information content (AvgIpc) is 2.84. The van der Waals surface area contributed by atoms with E-state index in [0.717, 1.165) is 12.1 Å². The molecule has 0 radical (unpaired) electrons. The second-order valence-electron chi connectivity index (χ2n) is 5.12. The molecular formula is C13H13F3N2O4S2. The molecule has 1 saturated heterocycles. The maximum atomic E-state index is 12.2. The Labute approximate surface area is 140 Å². The van der Waals surface area contributed by atoms with Gasteiger partial charge in [-0.25, -0.2) is 8.42 Å². The fraction of sp³-hybridized carbons (Fsp3) is 0.385. The van der Waals surface area contributed by atoms with Gasteiger partial charge in [-0.2, -0.15) is 13.2 Å². The van der Waals surface area contributed by atoms with Crippen LogP contribution in [0.1, 0.15) is 16.8 Å². The molecule has 11 heteroatoms. The Kier molecular flexibility index (Phi) is 5.43. The van der Waals surface area contributed by atoms with Crippen molar-refractivity contribution in [2.75, 3.05) is 11.5 Å². The van der Waals surface area contributed by atoms with E-state index >= 15 is 0 Å². The number of rotatable bonds is 3. The number of hydrogen-bond acceptors (Lipinski definition) is 5. The van der Waals surface area contributed by atoms with Crippen LogP contribution in [0.15, 0.2) is 29.2 Å². The summed E-state index contributed by atoms with van der Waals surface area (Å²) in [7, 11) is -3.22. The standard InChI is InChI=1S/C13H13F3N2O4S2/c14-13(15,16)23-10-3-1-8(2-4-10)11(19)17-18-12(20)9-5-6-24(21,22)7-9/h1-4,9H,5-7H2,(H,17,19)(H,18,20)/t9-/m0/s1. The SMILES string of the molecule is O=C(NNC(=O)[C@H]1CCS(=O)(=O)C1)c1ccc(SC(F)(F)F)cc1. The van der Waals surface area contributed by atoms with Gasteiger partial charge in [-0.05, 0) is 42.4 Å². The molecule has 2 N–H and O–H groups in total. The lowest BCUT2D eigenvalue weighted by Gasteiger charge is -2.11. The third-order valence-corrected chi connectivity index (χ3v) is 5.76. The molecule has 2 amide bonds. The molecule has 1 aliphatic heterocycles. The molecule has 24 heavy (non-hydrogen) atoms. The predicted octanol–water partition coefficient (Wildman–Crippen LogP) is 1.49. The topological polar surface area (TPSA) is 92.3 Å². The smallest absolute Gasteiger partial charge is 0.273 e. The van der Waals surface area contributed by atoms with E-state index in [2.05, 4.69) is 10.9 Å². The van der Waals surface area contributed by atoms with Crippen molar-refractivity contribution in [3.05, 3.63) is 29.8 Å². The van der Waals surface area contributed by atoms with E-state index in [1.54, 1.807) is 0 Å². The van der Waals surface area contributed by atoms with Crippen LogP contribution in [0.2, 0.25) is 0 Å². The molecule has 1 aromatic rings. The van der Waals surface area contributed by atoms with Gasteiger partial charge in [0.1, 0.15) is 0 Å². The largest absolute Gasteiger partial charge is 0.446 e. The Bertz CT molecular complexity index is 733. The number of hydrazine groups is 1. The minimum absolute atomic E-state index is 0.0564. The average molecular weight is 382 g/mol. The first-order valence-electron chi connectivity index (χ1n) is 6.72. The highest BCUT2D eigenvalue weighted by Crippen LogP contribution is 2.36. The van der Waals surface area contributed by atoms with Gasteiger partial charge in [0.2, 0.25) is 5.91 Å². The summed E-state index contributed by atoms with van der Waals surface area (Å²) < 4.78 is 59.2. The Hall–Kier alpha value is -1.75. The number of alkyl halides is 3. The number of carbonyl (C=O) groups excluding carboxylic acids is 2. The molecule has 0 saturated carbocycles. The van der Waals surface area contributed by atoms with Crippen molar-refractivity contribution in [1.82, 2.24) is 10.9 Å². The minimum atomic E-state index is -4.42. The summed E-state index contributed by atoms with van der Waals surface area (Å²) in [5.74, 6) is -2.39. The molecule has 1 heterocycles. The van der Waals surface area contributed by atoms with Gasteiger partial charge in [0, 0.05) is 10.5 Å². The van der Waals surface area contributed by atoms with E-state index in [-0.39, 0.29) is 40.1 Å². The Morgan fingerprint density at radius 1 is 1.12 bits per heavy atom. The molecule has 1 aliphatic rings. The quantitative estimate of drug-likeness (QED) is 0.611. The summed E-state index contributed by atoms with van der Waals surface area (Å²) in [6.07, 6.45) is 0.188. The molecule has 1 fully saturated rings. The number of halogens is 3. The Morgan fingerprint density at radius 2 is 1.75 bits per heavy atom. The predicted molar refractivity (Wildman–Crippen MR) is 80.7 cm³/mol. The summed E-state index contributed by atoms with van der Waals surface area (Å²) in [6.45, 7) is 0. The lowest BCUT2D eigenvalue weighted by Crippen LogP contribution is -2.44.